The zero-order valence-electron chi connectivity index (χ0n) is 15.1. The Morgan fingerprint density at radius 3 is 2.43 bits per heavy atom. The van der Waals surface area contributed by atoms with Crippen molar-refractivity contribution in [3.8, 4) is 11.5 Å². The molecule has 3 aromatic rings. The molecule has 6 nitrogen and oxygen atoms in total. The Morgan fingerprint density at radius 2 is 1.75 bits per heavy atom. The summed E-state index contributed by atoms with van der Waals surface area (Å²) in [6.45, 7) is 1.85. The number of esters is 1. The highest BCUT2D eigenvalue weighted by Gasteiger charge is 2.09. The Morgan fingerprint density at radius 1 is 1.04 bits per heavy atom. The molecule has 0 aliphatic rings. The number of hydrogen-bond acceptors (Lipinski definition) is 6. The minimum absolute atomic E-state index is 0.127. The molecule has 1 aromatic heterocycles. The van der Waals surface area contributed by atoms with Crippen LogP contribution in [0.25, 0.3) is 0 Å². The van der Waals surface area contributed by atoms with Crippen LogP contribution in [0.3, 0.4) is 0 Å². The number of rotatable bonds is 7. The predicted molar refractivity (Wildman–Crippen MR) is 108 cm³/mol. The van der Waals surface area contributed by atoms with Gasteiger partial charge in [-0.15, -0.1) is 11.3 Å². The Labute approximate surface area is 166 Å². The first-order valence-corrected chi connectivity index (χ1v) is 9.35. The van der Waals surface area contributed by atoms with E-state index in [4.69, 9.17) is 9.47 Å². The van der Waals surface area contributed by atoms with Crippen LogP contribution in [0.2, 0.25) is 0 Å². The Balaban J connectivity index is 1.44. The minimum atomic E-state index is -0.391. The maximum Gasteiger partial charge on any atom is 0.353 e. The highest BCUT2D eigenvalue weighted by atomic mass is 32.1. The van der Waals surface area contributed by atoms with Gasteiger partial charge in [0, 0.05) is 0 Å². The average Bonchev–Trinajstić information content (AvgIpc) is 3.24. The topological polar surface area (TPSA) is 77.0 Å². The maximum absolute atomic E-state index is 11.9. The summed E-state index contributed by atoms with van der Waals surface area (Å²) in [6, 6.07) is 17.7. The van der Waals surface area contributed by atoms with E-state index in [1.54, 1.807) is 48.5 Å². The highest BCUT2D eigenvalue weighted by molar-refractivity contribution is 7.12. The van der Waals surface area contributed by atoms with Gasteiger partial charge in [0.1, 0.15) is 16.4 Å². The summed E-state index contributed by atoms with van der Waals surface area (Å²) >= 11 is 1.32. The number of benzene rings is 2. The largest absolute Gasteiger partial charge is 0.484 e. The first-order chi connectivity index (χ1) is 13.6. The number of ether oxygens (including phenoxy) is 2. The third kappa shape index (κ3) is 5.78. The molecule has 3 rings (SSSR count). The molecule has 1 heterocycles. The van der Waals surface area contributed by atoms with E-state index in [-0.39, 0.29) is 12.5 Å². The summed E-state index contributed by atoms with van der Waals surface area (Å²) in [6.07, 6.45) is 1.49. The van der Waals surface area contributed by atoms with Crippen molar-refractivity contribution >= 4 is 29.4 Å². The van der Waals surface area contributed by atoms with E-state index in [0.717, 1.165) is 11.1 Å². The van der Waals surface area contributed by atoms with Crippen molar-refractivity contribution < 1.29 is 19.1 Å². The second-order valence-corrected chi connectivity index (χ2v) is 6.78. The molecule has 0 radical (unpaired) electrons. The van der Waals surface area contributed by atoms with Crippen molar-refractivity contribution in [2.24, 2.45) is 5.10 Å². The lowest BCUT2D eigenvalue weighted by atomic mass is 10.2. The molecule has 1 N–H and O–H groups in total. The van der Waals surface area contributed by atoms with Crippen molar-refractivity contribution in [1.29, 1.82) is 0 Å². The maximum atomic E-state index is 11.9. The number of carbonyl (C=O) groups is 2. The molecular weight excluding hydrogens is 376 g/mol. The summed E-state index contributed by atoms with van der Waals surface area (Å²) in [5, 5.41) is 5.70. The Kier molecular flexibility index (Phi) is 6.54. The summed E-state index contributed by atoms with van der Waals surface area (Å²) in [5.74, 6) is 0.305. The van der Waals surface area contributed by atoms with E-state index < -0.39 is 5.97 Å². The lowest BCUT2D eigenvalue weighted by Gasteiger charge is -2.05. The first-order valence-electron chi connectivity index (χ1n) is 8.47. The third-order valence-corrected chi connectivity index (χ3v) is 4.46. The Bertz CT molecular complexity index is 949. The fraction of sp³-hybridized carbons (Fsp3) is 0.0952. The fourth-order valence-electron chi connectivity index (χ4n) is 2.17. The van der Waals surface area contributed by atoms with Crippen molar-refractivity contribution in [3.63, 3.8) is 0 Å². The van der Waals surface area contributed by atoms with Gasteiger partial charge in [-0.05, 0) is 60.3 Å². The number of nitrogens with zero attached hydrogens (tertiary/aromatic N) is 1. The zero-order valence-corrected chi connectivity index (χ0v) is 15.9. The summed E-state index contributed by atoms with van der Waals surface area (Å²) < 4.78 is 10.7. The number of aryl methyl sites for hydroxylation is 1. The van der Waals surface area contributed by atoms with Gasteiger partial charge >= 0.3 is 5.97 Å². The monoisotopic (exact) mass is 394 g/mol. The number of amides is 1. The van der Waals surface area contributed by atoms with Gasteiger partial charge in [-0.1, -0.05) is 23.8 Å². The normalized spacial score (nSPS) is 10.6. The molecule has 1 amide bonds. The van der Waals surface area contributed by atoms with Gasteiger partial charge < -0.3 is 9.47 Å². The van der Waals surface area contributed by atoms with Crippen molar-refractivity contribution in [2.75, 3.05) is 6.61 Å². The van der Waals surface area contributed by atoms with Gasteiger partial charge in [0.05, 0.1) is 6.21 Å². The second kappa shape index (κ2) is 9.48. The third-order valence-electron chi connectivity index (χ3n) is 3.61. The van der Waals surface area contributed by atoms with Gasteiger partial charge in [-0.3, -0.25) is 4.79 Å². The van der Waals surface area contributed by atoms with E-state index in [9.17, 15) is 9.59 Å². The van der Waals surface area contributed by atoms with E-state index >= 15 is 0 Å². The molecule has 0 unspecified atom stereocenters. The van der Waals surface area contributed by atoms with Crippen LogP contribution in [0, 0.1) is 6.92 Å². The minimum Gasteiger partial charge on any atom is -0.484 e. The van der Waals surface area contributed by atoms with Gasteiger partial charge in [-0.25, -0.2) is 10.2 Å². The van der Waals surface area contributed by atoms with Gasteiger partial charge in [0.15, 0.2) is 6.61 Å². The lowest BCUT2D eigenvalue weighted by molar-refractivity contribution is -0.123. The van der Waals surface area contributed by atoms with E-state index in [0.29, 0.717) is 16.4 Å². The second-order valence-electron chi connectivity index (χ2n) is 5.83. The van der Waals surface area contributed by atoms with Crippen LogP contribution in [0.5, 0.6) is 11.5 Å². The summed E-state index contributed by atoms with van der Waals surface area (Å²) in [7, 11) is 0. The Hall–Kier alpha value is -3.45. The van der Waals surface area contributed by atoms with E-state index in [1.807, 2.05) is 24.4 Å². The van der Waals surface area contributed by atoms with E-state index in [1.165, 1.54) is 17.6 Å². The van der Waals surface area contributed by atoms with Crippen LogP contribution in [-0.4, -0.2) is 24.7 Å². The van der Waals surface area contributed by atoms with Crippen molar-refractivity contribution in [2.45, 2.75) is 6.92 Å². The molecule has 2 aromatic carbocycles. The molecule has 0 spiro atoms. The quantitative estimate of drug-likeness (QED) is 0.286. The van der Waals surface area contributed by atoms with Crippen molar-refractivity contribution in [3.05, 3.63) is 82.0 Å². The number of carbonyl (C=O) groups excluding carboxylic acids is 2. The van der Waals surface area contributed by atoms with Crippen LogP contribution in [0.1, 0.15) is 20.8 Å². The zero-order chi connectivity index (χ0) is 19.8. The molecule has 0 atom stereocenters. The molecule has 0 aliphatic heterocycles. The molecular formula is C21H18N2O4S. The average molecular weight is 394 g/mol. The van der Waals surface area contributed by atoms with Crippen molar-refractivity contribution in [1.82, 2.24) is 5.43 Å². The summed E-state index contributed by atoms with van der Waals surface area (Å²) in [4.78, 5) is 24.2. The molecule has 142 valence electrons. The van der Waals surface area contributed by atoms with Gasteiger partial charge in [0.25, 0.3) is 5.91 Å². The molecule has 7 heteroatoms. The van der Waals surface area contributed by atoms with Crippen LogP contribution in [0.4, 0.5) is 0 Å². The SMILES string of the molecule is Cc1ccc(OCC(=O)NN=Cc2ccc(OC(=O)c3cccs3)cc2)cc1. The van der Waals surface area contributed by atoms with Gasteiger partial charge in [-0.2, -0.15) is 5.10 Å². The van der Waals surface area contributed by atoms with E-state index in [2.05, 4.69) is 10.5 Å². The molecule has 28 heavy (non-hydrogen) atoms. The lowest BCUT2D eigenvalue weighted by Crippen LogP contribution is -2.24. The number of hydrogen-bond donors (Lipinski definition) is 1. The summed E-state index contributed by atoms with van der Waals surface area (Å²) in [5.41, 5.74) is 4.26. The number of thiophene rings is 1. The van der Waals surface area contributed by atoms with Crippen LogP contribution < -0.4 is 14.9 Å². The highest BCUT2D eigenvalue weighted by Crippen LogP contribution is 2.16. The molecule has 0 saturated carbocycles. The molecule has 0 saturated heterocycles. The van der Waals surface area contributed by atoms with Crippen LogP contribution >= 0.6 is 11.3 Å². The standard InChI is InChI=1S/C21H18N2O4S/c1-15-4-8-17(9-5-15)26-14-20(24)23-22-13-16-6-10-18(11-7-16)27-21(25)19-3-2-12-28-19/h2-13H,14H2,1H3,(H,23,24). The fourth-order valence-corrected chi connectivity index (χ4v) is 2.77. The van der Waals surface area contributed by atoms with Gasteiger partial charge in [0.2, 0.25) is 0 Å². The molecule has 0 fully saturated rings. The molecule has 0 aliphatic carbocycles. The first kappa shape index (κ1) is 19.3. The van der Waals surface area contributed by atoms with Crippen LogP contribution in [-0.2, 0) is 4.79 Å². The smallest absolute Gasteiger partial charge is 0.353 e. The molecule has 0 bridgehead atoms. The van der Waals surface area contributed by atoms with Crippen LogP contribution in [0.15, 0.2) is 71.1 Å². The predicted octanol–water partition coefficient (Wildman–Crippen LogP) is 3.80. The number of nitrogens with one attached hydrogen (secondary N) is 1. The number of hydrazone groups is 1.